The van der Waals surface area contributed by atoms with Gasteiger partial charge in [0.05, 0.1) is 6.54 Å². The van der Waals surface area contributed by atoms with Gasteiger partial charge in [-0.15, -0.1) is 0 Å². The maximum atomic E-state index is 12.9. The standard InChI is InChI=1S/C25H28N2O6/c1-25(2,3)33-23(30)26-12-13-27(21(14-26)22(28)29)24(31)32-15-20-18-10-6-4-8-16(18)17-9-5-7-11-19(17)20/h4-11,20-21H,12-15H2,1-3H3,(H,28,29)/t21-/m0/s1. The lowest BCUT2D eigenvalue weighted by molar-refractivity contribution is -0.144. The average molecular weight is 453 g/mol. The fourth-order valence-corrected chi connectivity index (χ4v) is 4.38. The summed E-state index contributed by atoms with van der Waals surface area (Å²) in [6.45, 7) is 5.39. The molecule has 2 aromatic carbocycles. The van der Waals surface area contributed by atoms with Crippen molar-refractivity contribution in [2.75, 3.05) is 26.2 Å². The minimum atomic E-state index is -1.21. The minimum absolute atomic E-state index is 0.0485. The number of hydrogen-bond donors (Lipinski definition) is 1. The molecular weight excluding hydrogens is 424 g/mol. The Hall–Kier alpha value is -3.55. The summed E-state index contributed by atoms with van der Waals surface area (Å²) in [6.07, 6.45) is -1.30. The Bertz CT molecular complexity index is 1030. The third-order valence-corrected chi connectivity index (χ3v) is 5.89. The van der Waals surface area contributed by atoms with E-state index >= 15 is 0 Å². The predicted molar refractivity (Wildman–Crippen MR) is 121 cm³/mol. The van der Waals surface area contributed by atoms with Gasteiger partial charge in [-0.3, -0.25) is 4.90 Å². The van der Waals surface area contributed by atoms with Gasteiger partial charge in [0.15, 0.2) is 6.04 Å². The van der Waals surface area contributed by atoms with Crippen molar-refractivity contribution < 1.29 is 29.0 Å². The van der Waals surface area contributed by atoms with Crippen LogP contribution in [0.4, 0.5) is 9.59 Å². The Morgan fingerprint density at radius 1 is 0.939 bits per heavy atom. The van der Waals surface area contributed by atoms with Gasteiger partial charge < -0.3 is 19.5 Å². The molecule has 33 heavy (non-hydrogen) atoms. The maximum absolute atomic E-state index is 12.9. The average Bonchev–Trinajstić information content (AvgIpc) is 3.09. The first-order chi connectivity index (χ1) is 15.7. The molecule has 1 N–H and O–H groups in total. The van der Waals surface area contributed by atoms with Crippen molar-refractivity contribution in [3.8, 4) is 11.1 Å². The van der Waals surface area contributed by atoms with Gasteiger partial charge in [0.25, 0.3) is 0 Å². The highest BCUT2D eigenvalue weighted by Crippen LogP contribution is 2.44. The summed E-state index contributed by atoms with van der Waals surface area (Å²) >= 11 is 0. The van der Waals surface area contributed by atoms with Crippen molar-refractivity contribution in [2.24, 2.45) is 0 Å². The molecule has 2 aliphatic rings. The summed E-state index contributed by atoms with van der Waals surface area (Å²) in [6, 6.07) is 14.8. The summed E-state index contributed by atoms with van der Waals surface area (Å²) in [5, 5.41) is 9.70. The second kappa shape index (κ2) is 8.77. The molecule has 1 atom stereocenters. The lowest BCUT2D eigenvalue weighted by atomic mass is 9.98. The minimum Gasteiger partial charge on any atom is -0.480 e. The highest BCUT2D eigenvalue weighted by Gasteiger charge is 2.39. The number of piperazine rings is 1. The van der Waals surface area contributed by atoms with Crippen LogP contribution in [0.1, 0.15) is 37.8 Å². The van der Waals surface area contributed by atoms with E-state index in [1.807, 2.05) is 48.5 Å². The number of benzene rings is 2. The van der Waals surface area contributed by atoms with Crippen LogP contribution >= 0.6 is 0 Å². The number of rotatable bonds is 3. The van der Waals surface area contributed by atoms with Gasteiger partial charge in [0.2, 0.25) is 0 Å². The van der Waals surface area contributed by atoms with E-state index in [2.05, 4.69) is 0 Å². The highest BCUT2D eigenvalue weighted by atomic mass is 16.6. The van der Waals surface area contributed by atoms with Gasteiger partial charge in [-0.05, 0) is 43.0 Å². The zero-order valence-corrected chi connectivity index (χ0v) is 19.0. The molecule has 2 aromatic rings. The van der Waals surface area contributed by atoms with Crippen LogP contribution in [0.2, 0.25) is 0 Å². The van der Waals surface area contributed by atoms with E-state index in [1.54, 1.807) is 20.8 Å². The van der Waals surface area contributed by atoms with Crippen LogP contribution in [0.15, 0.2) is 48.5 Å². The SMILES string of the molecule is CC(C)(C)OC(=O)N1CCN(C(=O)OCC2c3ccccc3-c3ccccc32)[C@H](C(=O)O)C1. The fourth-order valence-electron chi connectivity index (χ4n) is 4.38. The van der Waals surface area contributed by atoms with E-state index < -0.39 is 29.8 Å². The highest BCUT2D eigenvalue weighted by molar-refractivity contribution is 5.82. The van der Waals surface area contributed by atoms with E-state index in [0.29, 0.717) is 0 Å². The molecule has 4 rings (SSSR count). The van der Waals surface area contributed by atoms with Gasteiger partial charge in [0, 0.05) is 19.0 Å². The van der Waals surface area contributed by atoms with E-state index in [0.717, 1.165) is 22.3 Å². The molecule has 1 fully saturated rings. The van der Waals surface area contributed by atoms with Crippen LogP contribution in [-0.4, -0.2) is 70.9 Å². The molecule has 0 unspecified atom stereocenters. The number of aliphatic carboxylic acids is 1. The van der Waals surface area contributed by atoms with Gasteiger partial charge in [-0.2, -0.15) is 0 Å². The first-order valence-corrected chi connectivity index (χ1v) is 11.0. The van der Waals surface area contributed by atoms with Gasteiger partial charge >= 0.3 is 18.2 Å². The normalized spacial score (nSPS) is 17.8. The van der Waals surface area contributed by atoms with Crippen LogP contribution in [0.25, 0.3) is 11.1 Å². The fraction of sp³-hybridized carbons (Fsp3) is 0.400. The molecule has 1 saturated heterocycles. The monoisotopic (exact) mass is 452 g/mol. The molecule has 0 spiro atoms. The van der Waals surface area contributed by atoms with Crippen molar-refractivity contribution in [2.45, 2.75) is 38.3 Å². The number of fused-ring (bicyclic) bond motifs is 3. The molecule has 2 amide bonds. The number of carbonyl (C=O) groups excluding carboxylic acids is 2. The molecule has 1 aliphatic heterocycles. The summed E-state index contributed by atoms with van der Waals surface area (Å²) < 4.78 is 11.0. The number of amides is 2. The van der Waals surface area contributed by atoms with Crippen LogP contribution in [0.5, 0.6) is 0 Å². The molecule has 174 valence electrons. The molecule has 1 aliphatic carbocycles. The van der Waals surface area contributed by atoms with Crippen LogP contribution < -0.4 is 0 Å². The van der Waals surface area contributed by atoms with E-state index in [1.165, 1.54) is 9.80 Å². The Kier molecular flexibility index (Phi) is 6.01. The number of carboxylic acid groups (broad SMARTS) is 1. The topological polar surface area (TPSA) is 96.4 Å². The maximum Gasteiger partial charge on any atom is 0.410 e. The third kappa shape index (κ3) is 4.65. The van der Waals surface area contributed by atoms with Crippen molar-refractivity contribution in [1.82, 2.24) is 9.80 Å². The number of nitrogens with zero attached hydrogens (tertiary/aromatic N) is 2. The second-order valence-corrected chi connectivity index (χ2v) is 9.28. The van der Waals surface area contributed by atoms with Gasteiger partial charge in [-0.25, -0.2) is 14.4 Å². The van der Waals surface area contributed by atoms with Gasteiger partial charge in [0.1, 0.15) is 12.2 Å². The first kappa shape index (κ1) is 22.6. The Morgan fingerprint density at radius 3 is 2.06 bits per heavy atom. The number of carboxylic acids is 1. The van der Waals surface area contributed by atoms with E-state index in [4.69, 9.17) is 9.47 Å². The summed E-state index contributed by atoms with van der Waals surface area (Å²) in [5.41, 5.74) is 3.69. The Morgan fingerprint density at radius 2 is 1.52 bits per heavy atom. The molecule has 0 aromatic heterocycles. The summed E-state index contributed by atoms with van der Waals surface area (Å²) in [5.74, 6) is -1.32. The molecule has 8 heteroatoms. The van der Waals surface area contributed by atoms with Crippen molar-refractivity contribution >= 4 is 18.2 Å². The lowest BCUT2D eigenvalue weighted by Gasteiger charge is -2.39. The number of carbonyl (C=O) groups is 3. The molecule has 0 bridgehead atoms. The Balaban J connectivity index is 1.45. The second-order valence-electron chi connectivity index (χ2n) is 9.28. The van der Waals surface area contributed by atoms with Crippen LogP contribution in [0.3, 0.4) is 0 Å². The smallest absolute Gasteiger partial charge is 0.410 e. The molecule has 8 nitrogen and oxygen atoms in total. The van der Waals surface area contributed by atoms with Crippen molar-refractivity contribution in [3.05, 3.63) is 59.7 Å². The van der Waals surface area contributed by atoms with E-state index in [9.17, 15) is 19.5 Å². The van der Waals surface area contributed by atoms with Crippen LogP contribution in [0, 0.1) is 0 Å². The third-order valence-electron chi connectivity index (χ3n) is 5.89. The zero-order chi connectivity index (χ0) is 23.8. The van der Waals surface area contributed by atoms with Crippen LogP contribution in [-0.2, 0) is 14.3 Å². The lowest BCUT2D eigenvalue weighted by Crippen LogP contribution is -2.60. The first-order valence-electron chi connectivity index (χ1n) is 11.0. The Labute approximate surface area is 192 Å². The number of ether oxygens (including phenoxy) is 2. The largest absolute Gasteiger partial charge is 0.480 e. The number of hydrogen-bond acceptors (Lipinski definition) is 5. The van der Waals surface area contributed by atoms with Gasteiger partial charge in [-0.1, -0.05) is 48.5 Å². The molecule has 1 heterocycles. The van der Waals surface area contributed by atoms with E-state index in [-0.39, 0.29) is 32.2 Å². The van der Waals surface area contributed by atoms with Crippen molar-refractivity contribution in [3.63, 3.8) is 0 Å². The van der Waals surface area contributed by atoms with Crippen molar-refractivity contribution in [1.29, 1.82) is 0 Å². The molecule has 0 saturated carbocycles. The quantitative estimate of drug-likeness (QED) is 0.758. The molecule has 0 radical (unpaired) electrons. The summed E-state index contributed by atoms with van der Waals surface area (Å²) in [4.78, 5) is 39.6. The summed E-state index contributed by atoms with van der Waals surface area (Å²) in [7, 11) is 0. The predicted octanol–water partition coefficient (Wildman–Crippen LogP) is 3.94. The molecular formula is C25H28N2O6. The zero-order valence-electron chi connectivity index (χ0n) is 19.0.